The Bertz CT molecular complexity index is 584. The van der Waals surface area contributed by atoms with Crippen molar-refractivity contribution in [1.29, 1.82) is 0 Å². The summed E-state index contributed by atoms with van der Waals surface area (Å²) in [5, 5.41) is 19.6. The number of hydrogen-bond donors (Lipinski definition) is 2. The second kappa shape index (κ2) is 11.0. The molecule has 27 heavy (non-hydrogen) atoms. The van der Waals surface area contributed by atoms with Crippen LogP contribution in [0.25, 0.3) is 0 Å². The number of benzene rings is 2. The van der Waals surface area contributed by atoms with Crippen LogP contribution in [0.4, 0.5) is 0 Å². The van der Waals surface area contributed by atoms with Gasteiger partial charge in [0.1, 0.15) is 11.5 Å². The zero-order valence-corrected chi connectivity index (χ0v) is 17.1. The van der Waals surface area contributed by atoms with Crippen LogP contribution in [0.2, 0.25) is 0 Å². The highest BCUT2D eigenvalue weighted by Crippen LogP contribution is 2.43. The zero-order valence-electron chi connectivity index (χ0n) is 17.1. The maximum absolute atomic E-state index is 9.79. The van der Waals surface area contributed by atoms with Gasteiger partial charge < -0.3 is 10.2 Å². The summed E-state index contributed by atoms with van der Waals surface area (Å²) in [7, 11) is 0. The second-order valence-electron chi connectivity index (χ2n) is 7.80. The van der Waals surface area contributed by atoms with E-state index in [2.05, 4.69) is 38.1 Å². The van der Waals surface area contributed by atoms with Gasteiger partial charge in [-0.1, -0.05) is 89.5 Å². The van der Waals surface area contributed by atoms with Crippen molar-refractivity contribution in [1.82, 2.24) is 0 Å². The largest absolute Gasteiger partial charge is 0.508 e. The van der Waals surface area contributed by atoms with E-state index in [0.29, 0.717) is 11.5 Å². The molecule has 2 heteroatoms. The number of phenolic OH excluding ortho intramolecular Hbond substituents is 2. The van der Waals surface area contributed by atoms with Gasteiger partial charge in [-0.2, -0.15) is 0 Å². The van der Waals surface area contributed by atoms with Crippen LogP contribution in [0, 0.1) is 0 Å². The SMILES string of the molecule is CCCCCCC(CCCCCC)(c1ccc(O)cc1)c1ccc(O)cc1. The smallest absolute Gasteiger partial charge is 0.115 e. The topological polar surface area (TPSA) is 40.5 Å². The van der Waals surface area contributed by atoms with Crippen molar-refractivity contribution in [2.75, 3.05) is 0 Å². The lowest BCUT2D eigenvalue weighted by atomic mass is 9.68. The second-order valence-corrected chi connectivity index (χ2v) is 7.80. The van der Waals surface area contributed by atoms with E-state index in [1.807, 2.05) is 24.3 Å². The van der Waals surface area contributed by atoms with Crippen LogP contribution in [0.15, 0.2) is 48.5 Å². The summed E-state index contributed by atoms with van der Waals surface area (Å²) in [5.74, 6) is 0.630. The van der Waals surface area contributed by atoms with Crippen molar-refractivity contribution in [3.8, 4) is 11.5 Å². The van der Waals surface area contributed by atoms with Gasteiger partial charge in [-0.25, -0.2) is 0 Å². The molecule has 0 aromatic heterocycles. The van der Waals surface area contributed by atoms with E-state index in [1.165, 1.54) is 62.5 Å². The Morgan fingerprint density at radius 1 is 0.556 bits per heavy atom. The van der Waals surface area contributed by atoms with Gasteiger partial charge in [0.05, 0.1) is 0 Å². The third-order valence-electron chi connectivity index (χ3n) is 5.75. The van der Waals surface area contributed by atoms with Crippen LogP contribution in [-0.2, 0) is 5.41 Å². The molecule has 0 unspecified atom stereocenters. The van der Waals surface area contributed by atoms with Crippen LogP contribution in [-0.4, -0.2) is 10.2 Å². The molecular formula is C25H36O2. The normalized spacial score (nSPS) is 11.6. The minimum atomic E-state index is -0.0527. The van der Waals surface area contributed by atoms with Crippen molar-refractivity contribution < 1.29 is 10.2 Å². The molecule has 0 aliphatic heterocycles. The standard InChI is InChI=1S/C25H36O2/c1-3-5-7-9-19-25(20-10-8-6-4-2,21-11-15-23(26)16-12-21)22-13-17-24(27)18-14-22/h11-18,26-27H,3-10,19-20H2,1-2H3. The van der Waals surface area contributed by atoms with Crippen molar-refractivity contribution in [3.05, 3.63) is 59.7 Å². The molecule has 148 valence electrons. The summed E-state index contributed by atoms with van der Waals surface area (Å²) in [4.78, 5) is 0. The Balaban J connectivity index is 2.38. The average molecular weight is 369 g/mol. The fourth-order valence-corrected chi connectivity index (χ4v) is 4.14. The molecule has 2 rings (SSSR count). The van der Waals surface area contributed by atoms with Crippen LogP contribution in [0.5, 0.6) is 11.5 Å². The highest BCUT2D eigenvalue weighted by molar-refractivity contribution is 5.43. The van der Waals surface area contributed by atoms with Crippen molar-refractivity contribution in [3.63, 3.8) is 0 Å². The van der Waals surface area contributed by atoms with Crippen LogP contribution < -0.4 is 0 Å². The van der Waals surface area contributed by atoms with Crippen molar-refractivity contribution >= 4 is 0 Å². The van der Waals surface area contributed by atoms with E-state index in [4.69, 9.17) is 0 Å². The molecule has 0 spiro atoms. The number of unbranched alkanes of at least 4 members (excludes halogenated alkanes) is 6. The Morgan fingerprint density at radius 2 is 0.926 bits per heavy atom. The van der Waals surface area contributed by atoms with Gasteiger partial charge in [-0.15, -0.1) is 0 Å². The Kier molecular flexibility index (Phi) is 8.71. The van der Waals surface area contributed by atoms with Gasteiger partial charge in [0.25, 0.3) is 0 Å². The average Bonchev–Trinajstić information content (AvgIpc) is 2.68. The third-order valence-corrected chi connectivity index (χ3v) is 5.75. The van der Waals surface area contributed by atoms with Crippen LogP contribution >= 0.6 is 0 Å². The van der Waals surface area contributed by atoms with E-state index in [9.17, 15) is 10.2 Å². The van der Waals surface area contributed by atoms with Gasteiger partial charge >= 0.3 is 0 Å². The van der Waals surface area contributed by atoms with Crippen molar-refractivity contribution in [2.45, 2.75) is 83.5 Å². The summed E-state index contributed by atoms with van der Waals surface area (Å²) in [6, 6.07) is 15.6. The molecule has 0 bridgehead atoms. The summed E-state index contributed by atoms with van der Waals surface area (Å²) < 4.78 is 0. The molecule has 0 atom stereocenters. The first-order valence-corrected chi connectivity index (χ1v) is 10.7. The number of rotatable bonds is 12. The van der Waals surface area contributed by atoms with Crippen LogP contribution in [0.1, 0.15) is 89.2 Å². The highest BCUT2D eigenvalue weighted by Gasteiger charge is 2.33. The first-order chi connectivity index (χ1) is 13.1. The van der Waals surface area contributed by atoms with E-state index in [-0.39, 0.29) is 5.41 Å². The first kappa shape index (κ1) is 21.3. The summed E-state index contributed by atoms with van der Waals surface area (Å²) in [5.41, 5.74) is 2.50. The monoisotopic (exact) mass is 368 g/mol. The van der Waals surface area contributed by atoms with E-state index >= 15 is 0 Å². The van der Waals surface area contributed by atoms with E-state index in [1.54, 1.807) is 0 Å². The van der Waals surface area contributed by atoms with E-state index < -0.39 is 0 Å². The number of hydrogen-bond acceptors (Lipinski definition) is 2. The minimum Gasteiger partial charge on any atom is -0.508 e. The molecule has 2 aromatic carbocycles. The molecule has 2 nitrogen and oxygen atoms in total. The molecule has 2 N–H and O–H groups in total. The lowest BCUT2D eigenvalue weighted by molar-refractivity contribution is 0.391. The highest BCUT2D eigenvalue weighted by atomic mass is 16.3. The third kappa shape index (κ3) is 6.02. The maximum atomic E-state index is 9.79. The molecule has 0 heterocycles. The molecule has 0 saturated carbocycles. The fourth-order valence-electron chi connectivity index (χ4n) is 4.14. The lowest BCUT2D eigenvalue weighted by Gasteiger charge is -2.36. The van der Waals surface area contributed by atoms with Crippen molar-refractivity contribution in [2.24, 2.45) is 0 Å². The fraction of sp³-hybridized carbons (Fsp3) is 0.520. The number of aromatic hydroxyl groups is 2. The summed E-state index contributed by atoms with van der Waals surface area (Å²) in [6.07, 6.45) is 12.1. The predicted octanol–water partition coefficient (Wildman–Crippen LogP) is 7.32. The predicted molar refractivity (Wildman–Crippen MR) is 115 cm³/mol. The van der Waals surface area contributed by atoms with Gasteiger partial charge in [0.2, 0.25) is 0 Å². The van der Waals surface area contributed by atoms with Gasteiger partial charge in [0.15, 0.2) is 0 Å². The molecule has 0 fully saturated rings. The van der Waals surface area contributed by atoms with Gasteiger partial charge in [-0.3, -0.25) is 0 Å². The van der Waals surface area contributed by atoms with Gasteiger partial charge in [-0.05, 0) is 48.2 Å². The van der Waals surface area contributed by atoms with Gasteiger partial charge in [0, 0.05) is 5.41 Å². The molecule has 0 saturated heterocycles. The molecule has 0 aliphatic carbocycles. The molecular weight excluding hydrogens is 332 g/mol. The molecule has 0 aliphatic rings. The minimum absolute atomic E-state index is 0.0527. The van der Waals surface area contributed by atoms with E-state index in [0.717, 1.165) is 12.8 Å². The Morgan fingerprint density at radius 3 is 1.26 bits per heavy atom. The first-order valence-electron chi connectivity index (χ1n) is 10.7. The summed E-state index contributed by atoms with van der Waals surface area (Å²) >= 11 is 0. The summed E-state index contributed by atoms with van der Waals surface area (Å²) in [6.45, 7) is 4.50. The quantitative estimate of drug-likeness (QED) is 0.385. The lowest BCUT2D eigenvalue weighted by Crippen LogP contribution is -2.28. The molecule has 0 radical (unpaired) electrons. The molecule has 0 amide bonds. The Hall–Kier alpha value is -1.96. The zero-order chi connectivity index (χ0) is 19.5. The van der Waals surface area contributed by atoms with Crippen LogP contribution in [0.3, 0.4) is 0 Å². The number of phenols is 2. The maximum Gasteiger partial charge on any atom is 0.115 e. The Labute approximate surface area is 165 Å². The molecule has 2 aromatic rings.